The van der Waals surface area contributed by atoms with E-state index in [2.05, 4.69) is 10.5 Å². The molecule has 0 unspecified atom stereocenters. The largest absolute Gasteiger partial charge is 0.378 e. The molecule has 0 fully saturated rings. The van der Waals surface area contributed by atoms with Gasteiger partial charge < -0.3 is 23.0 Å². The van der Waals surface area contributed by atoms with E-state index in [1.54, 1.807) is 52.0 Å². The lowest BCUT2D eigenvalue weighted by Crippen LogP contribution is -2.42. The van der Waals surface area contributed by atoms with Gasteiger partial charge in [0.1, 0.15) is 5.71 Å². The fraction of sp³-hybridized carbons (Fsp3) is 0.600. The van der Waals surface area contributed by atoms with Crippen LogP contribution in [0.15, 0.2) is 29.4 Å². The van der Waals surface area contributed by atoms with Crippen LogP contribution >= 0.6 is 15.2 Å². The van der Waals surface area contributed by atoms with E-state index in [4.69, 9.17) is 18.1 Å². The van der Waals surface area contributed by atoms with Crippen LogP contribution in [0.4, 0.5) is 5.69 Å². The number of hydrazone groups is 1. The van der Waals surface area contributed by atoms with Crippen LogP contribution in [-0.4, -0.2) is 57.0 Å². The summed E-state index contributed by atoms with van der Waals surface area (Å²) in [6.07, 6.45) is -0.310. The van der Waals surface area contributed by atoms with Gasteiger partial charge in [-0.05, 0) is 52.0 Å². The van der Waals surface area contributed by atoms with Crippen LogP contribution in [0.2, 0.25) is 0 Å². The van der Waals surface area contributed by atoms with Gasteiger partial charge in [0.15, 0.2) is 0 Å². The van der Waals surface area contributed by atoms with E-state index in [1.807, 2.05) is 19.0 Å². The second kappa shape index (κ2) is 11.1. The highest BCUT2D eigenvalue weighted by Crippen LogP contribution is 2.78. The Hall–Kier alpha value is -1.54. The molecule has 10 nitrogen and oxygen atoms in total. The zero-order valence-electron chi connectivity index (χ0n) is 19.5. The number of rotatable bonds is 13. The maximum atomic E-state index is 13.9. The highest BCUT2D eigenvalue weighted by Gasteiger charge is 2.68. The van der Waals surface area contributed by atoms with Crippen LogP contribution in [0.25, 0.3) is 0 Å². The number of Topliss-reactive ketones (excluding diaryl/α,β-unsaturated/α-hetero) is 1. The highest BCUT2D eigenvalue weighted by atomic mass is 31.2. The number of nitrogens with zero attached hydrogens (tertiary/aromatic N) is 2. The summed E-state index contributed by atoms with van der Waals surface area (Å²) in [5.74, 6) is -0.399. The molecule has 1 aliphatic rings. The van der Waals surface area contributed by atoms with Crippen molar-refractivity contribution >= 4 is 32.4 Å². The minimum atomic E-state index is -4.17. The Kier molecular flexibility index (Phi) is 9.23. The topological polar surface area (TPSA) is 116 Å². The number of benzene rings is 1. The Morgan fingerprint density at radius 1 is 0.938 bits per heavy atom. The van der Waals surface area contributed by atoms with Gasteiger partial charge in [0.05, 0.1) is 26.4 Å². The van der Waals surface area contributed by atoms with Crippen LogP contribution in [0, 0.1) is 0 Å². The number of hydrogen-bond donors (Lipinski definition) is 1. The summed E-state index contributed by atoms with van der Waals surface area (Å²) < 4.78 is 49.9. The van der Waals surface area contributed by atoms with Gasteiger partial charge >= 0.3 is 15.2 Å². The monoisotopic (exact) mass is 489 g/mol. The van der Waals surface area contributed by atoms with Crippen molar-refractivity contribution in [1.29, 1.82) is 0 Å². The van der Waals surface area contributed by atoms with Crippen molar-refractivity contribution < 1.29 is 32.0 Å². The van der Waals surface area contributed by atoms with Gasteiger partial charge in [0.2, 0.25) is 5.78 Å². The van der Waals surface area contributed by atoms with E-state index in [1.165, 1.54) is 0 Å². The summed E-state index contributed by atoms with van der Waals surface area (Å²) in [6.45, 7) is 6.64. The van der Waals surface area contributed by atoms with Crippen molar-refractivity contribution in [2.75, 3.05) is 45.4 Å². The third kappa shape index (κ3) is 5.01. The Balaban J connectivity index is 2.50. The molecule has 180 valence electrons. The van der Waals surface area contributed by atoms with Crippen molar-refractivity contribution in [3.63, 3.8) is 0 Å². The van der Waals surface area contributed by atoms with Gasteiger partial charge in [-0.15, -0.1) is 0 Å². The standard InChI is InChI=1S/C20H33N3O7P2/c1-7-27-31(25,28-8-2)20(32(26,29-9-3)30-10-4)15-18(21-22-20)19(24)16-11-13-17(14-12-16)23(5)6/h11-14,22H,7-10,15H2,1-6H3. The molecule has 1 aromatic rings. The Morgan fingerprint density at radius 2 is 1.38 bits per heavy atom. The molecule has 0 saturated heterocycles. The molecule has 1 N–H and O–H groups in total. The summed E-state index contributed by atoms with van der Waals surface area (Å²) in [5, 5.41) is 2.15. The van der Waals surface area contributed by atoms with Gasteiger partial charge in [-0.1, -0.05) is 0 Å². The molecule has 1 aromatic carbocycles. The number of carbonyl (C=O) groups is 1. The predicted octanol–water partition coefficient (Wildman–Crippen LogP) is 4.47. The summed E-state index contributed by atoms with van der Waals surface area (Å²) in [7, 11) is -4.54. The third-order valence-corrected chi connectivity index (χ3v) is 11.0. The lowest BCUT2D eigenvalue weighted by molar-refractivity contribution is 0.106. The lowest BCUT2D eigenvalue weighted by atomic mass is 10.0. The fourth-order valence-corrected chi connectivity index (χ4v) is 8.61. The molecule has 0 bridgehead atoms. The van der Waals surface area contributed by atoms with Crippen LogP contribution < -0.4 is 10.3 Å². The van der Waals surface area contributed by atoms with Crippen molar-refractivity contribution in [3.8, 4) is 0 Å². The van der Waals surface area contributed by atoms with Crippen molar-refractivity contribution in [2.24, 2.45) is 5.10 Å². The molecule has 2 rings (SSSR count). The molecule has 0 aliphatic carbocycles. The molecule has 0 spiro atoms. The number of nitrogens with one attached hydrogen (secondary N) is 1. The molecule has 0 saturated carbocycles. The SMILES string of the molecule is CCOP(=O)(OCC)C1(P(=O)(OCC)OCC)CC(C(=O)c2ccc(N(C)C)cc2)=NN1. The quantitative estimate of drug-likeness (QED) is 0.316. The second-order valence-electron chi connectivity index (χ2n) is 7.10. The molecule has 0 amide bonds. The zero-order chi connectivity index (χ0) is 24.0. The van der Waals surface area contributed by atoms with E-state index < -0.39 is 26.0 Å². The summed E-state index contributed by atoms with van der Waals surface area (Å²) in [4.78, 5) is 15.1. The van der Waals surface area contributed by atoms with E-state index in [0.717, 1.165) is 5.69 Å². The molecule has 1 aliphatic heterocycles. The number of carbonyl (C=O) groups excluding carboxylic acids is 1. The fourth-order valence-electron chi connectivity index (χ4n) is 3.33. The minimum absolute atomic E-state index is 0.0221. The van der Waals surface area contributed by atoms with Gasteiger partial charge in [-0.2, -0.15) is 5.10 Å². The third-order valence-electron chi connectivity index (χ3n) is 4.79. The van der Waals surface area contributed by atoms with Crippen molar-refractivity contribution in [2.45, 2.75) is 39.1 Å². The summed E-state index contributed by atoms with van der Waals surface area (Å²) in [6, 6.07) is 6.96. The van der Waals surface area contributed by atoms with E-state index >= 15 is 0 Å². The first-order chi connectivity index (χ1) is 15.1. The molecule has 0 aromatic heterocycles. The van der Waals surface area contributed by atoms with Crippen LogP contribution in [0.5, 0.6) is 0 Å². The van der Waals surface area contributed by atoms with Gasteiger partial charge in [0.25, 0.3) is 5.02 Å². The zero-order valence-corrected chi connectivity index (χ0v) is 21.3. The average molecular weight is 489 g/mol. The Labute approximate surface area is 189 Å². The van der Waals surface area contributed by atoms with Gasteiger partial charge in [-0.25, -0.2) is 0 Å². The van der Waals surface area contributed by atoms with Crippen LogP contribution in [0.3, 0.4) is 0 Å². The summed E-state index contributed by atoms with van der Waals surface area (Å²) in [5.41, 5.74) is 4.00. The number of ketones is 1. The first-order valence-electron chi connectivity index (χ1n) is 10.6. The Morgan fingerprint density at radius 3 is 1.75 bits per heavy atom. The molecule has 32 heavy (non-hydrogen) atoms. The smallest absolute Gasteiger partial charge is 0.370 e. The highest BCUT2D eigenvalue weighted by molar-refractivity contribution is 7.74. The van der Waals surface area contributed by atoms with Crippen LogP contribution in [0.1, 0.15) is 44.5 Å². The summed E-state index contributed by atoms with van der Waals surface area (Å²) >= 11 is 0. The average Bonchev–Trinajstić information content (AvgIpc) is 3.22. The predicted molar refractivity (Wildman–Crippen MR) is 125 cm³/mol. The molecule has 0 atom stereocenters. The molecule has 0 radical (unpaired) electrons. The molecule has 12 heteroatoms. The van der Waals surface area contributed by atoms with Crippen LogP contribution in [-0.2, 0) is 27.2 Å². The first kappa shape index (κ1) is 26.7. The lowest BCUT2D eigenvalue weighted by Gasteiger charge is -2.38. The van der Waals surface area contributed by atoms with E-state index in [-0.39, 0.29) is 38.6 Å². The maximum Gasteiger partial charge on any atom is 0.370 e. The minimum Gasteiger partial charge on any atom is -0.378 e. The maximum absolute atomic E-state index is 13.9. The second-order valence-corrected chi connectivity index (χ2v) is 12.0. The Bertz CT molecular complexity index is 868. The van der Waals surface area contributed by atoms with Gasteiger partial charge in [-0.3, -0.25) is 19.4 Å². The van der Waals surface area contributed by atoms with Crippen molar-refractivity contribution in [1.82, 2.24) is 5.43 Å². The van der Waals surface area contributed by atoms with E-state index in [0.29, 0.717) is 5.56 Å². The molecule has 1 heterocycles. The first-order valence-corrected chi connectivity index (χ1v) is 13.7. The number of anilines is 1. The van der Waals surface area contributed by atoms with Crippen molar-refractivity contribution in [3.05, 3.63) is 29.8 Å². The number of hydrogen-bond acceptors (Lipinski definition) is 10. The molecular weight excluding hydrogens is 456 g/mol. The normalized spacial score (nSPS) is 15.9. The molecular formula is C20H33N3O7P2. The van der Waals surface area contributed by atoms with E-state index in [9.17, 15) is 13.9 Å². The van der Waals surface area contributed by atoms with Gasteiger partial charge in [0, 0.05) is 31.8 Å².